The molecule has 1 aliphatic heterocycles. The van der Waals surface area contributed by atoms with Crippen molar-refractivity contribution in [3.05, 3.63) is 53.6 Å². The van der Waals surface area contributed by atoms with Crippen LogP contribution in [-0.2, 0) is 24.5 Å². The van der Waals surface area contributed by atoms with E-state index in [1.807, 2.05) is 34.9 Å². The topological polar surface area (TPSA) is 79.6 Å². The Morgan fingerprint density at radius 1 is 1.42 bits per heavy atom. The van der Waals surface area contributed by atoms with Crippen LogP contribution >= 0.6 is 0 Å². The number of carboxylic acid groups (broad SMARTS) is 1. The Labute approximate surface area is 140 Å². The molecule has 128 valence electrons. The second kappa shape index (κ2) is 7.46. The molecule has 0 saturated carbocycles. The highest BCUT2D eigenvalue weighted by molar-refractivity contribution is 5.65. The number of rotatable bonds is 6. The number of aromatic nitrogens is 2. The summed E-state index contributed by atoms with van der Waals surface area (Å²) in [6.45, 7) is 4.01. The number of aryl methyl sites for hydroxylation is 1. The van der Waals surface area contributed by atoms with E-state index in [0.29, 0.717) is 19.7 Å². The third-order valence-corrected chi connectivity index (χ3v) is 4.09. The average Bonchev–Trinajstić information content (AvgIpc) is 2.99. The summed E-state index contributed by atoms with van der Waals surface area (Å²) in [4.78, 5) is 22.9. The van der Waals surface area contributed by atoms with Crippen LogP contribution in [0.3, 0.4) is 0 Å². The summed E-state index contributed by atoms with van der Waals surface area (Å²) in [6.07, 6.45) is 1.82. The van der Waals surface area contributed by atoms with Gasteiger partial charge in [0.15, 0.2) is 0 Å². The van der Waals surface area contributed by atoms with Crippen molar-refractivity contribution in [1.29, 1.82) is 0 Å². The molecule has 2 aromatic rings. The molecule has 24 heavy (non-hydrogen) atoms. The van der Waals surface area contributed by atoms with E-state index >= 15 is 0 Å². The molecule has 0 saturated heterocycles. The third-order valence-electron chi connectivity index (χ3n) is 4.09. The van der Waals surface area contributed by atoms with Crippen LogP contribution in [0, 0.1) is 0 Å². The van der Waals surface area contributed by atoms with Crippen LogP contribution in [0.5, 0.6) is 0 Å². The Morgan fingerprint density at radius 2 is 2.21 bits per heavy atom. The fourth-order valence-corrected chi connectivity index (χ4v) is 2.91. The predicted molar refractivity (Wildman–Crippen MR) is 88.1 cm³/mol. The monoisotopic (exact) mass is 330 g/mol. The van der Waals surface area contributed by atoms with Crippen LogP contribution < -0.4 is 5.48 Å². The molecule has 3 rings (SSSR count). The van der Waals surface area contributed by atoms with Gasteiger partial charge in [-0.1, -0.05) is 37.3 Å². The fraction of sp³-hybridized carbons (Fsp3) is 0.412. The molecule has 0 spiro atoms. The first-order valence-electron chi connectivity index (χ1n) is 8.12. The number of imidazole rings is 1. The number of nitrogens with one attached hydrogen (secondary N) is 1. The van der Waals surface area contributed by atoms with Gasteiger partial charge in [-0.15, -0.1) is 0 Å². The second-order valence-corrected chi connectivity index (χ2v) is 5.88. The zero-order valence-electron chi connectivity index (χ0n) is 13.7. The molecule has 0 bridgehead atoms. The van der Waals surface area contributed by atoms with Crippen molar-refractivity contribution in [2.75, 3.05) is 6.54 Å². The SMILES string of the molecule is CCCn1cnc2c1CN(C(=O)O)CC2NOCc1ccccc1. The first-order chi connectivity index (χ1) is 11.7. The molecule has 1 atom stereocenters. The average molecular weight is 330 g/mol. The minimum Gasteiger partial charge on any atom is -0.465 e. The molecule has 1 aromatic carbocycles. The Hall–Kier alpha value is -2.38. The molecule has 0 fully saturated rings. The molecule has 0 aliphatic carbocycles. The van der Waals surface area contributed by atoms with Gasteiger partial charge in [0.05, 0.1) is 36.9 Å². The summed E-state index contributed by atoms with van der Waals surface area (Å²) >= 11 is 0. The number of benzene rings is 1. The van der Waals surface area contributed by atoms with Gasteiger partial charge in [-0.2, -0.15) is 5.48 Å². The molecule has 1 unspecified atom stereocenters. The maximum absolute atomic E-state index is 11.4. The number of hydrogen-bond donors (Lipinski definition) is 2. The Morgan fingerprint density at radius 3 is 2.92 bits per heavy atom. The number of carbonyl (C=O) groups is 1. The smallest absolute Gasteiger partial charge is 0.407 e. The van der Waals surface area contributed by atoms with Crippen molar-refractivity contribution in [2.24, 2.45) is 0 Å². The molecule has 2 heterocycles. The predicted octanol–water partition coefficient (Wildman–Crippen LogP) is 2.55. The van der Waals surface area contributed by atoms with Crippen molar-refractivity contribution in [3.63, 3.8) is 0 Å². The van der Waals surface area contributed by atoms with Crippen LogP contribution in [0.4, 0.5) is 4.79 Å². The molecule has 7 nitrogen and oxygen atoms in total. The lowest BCUT2D eigenvalue weighted by molar-refractivity contribution is -0.00955. The standard InChI is InChI=1S/C17H22N4O3/c1-2-8-20-12-18-16-14(9-21(17(22)23)10-15(16)20)19-24-11-13-6-4-3-5-7-13/h3-7,12,14,19H,2,8-11H2,1H3,(H,22,23). The van der Waals surface area contributed by atoms with Gasteiger partial charge in [0.2, 0.25) is 0 Å². The lowest BCUT2D eigenvalue weighted by Gasteiger charge is -2.31. The molecule has 1 aromatic heterocycles. The number of hydrogen-bond acceptors (Lipinski definition) is 4. The van der Waals surface area contributed by atoms with Gasteiger partial charge in [0.1, 0.15) is 0 Å². The second-order valence-electron chi connectivity index (χ2n) is 5.88. The normalized spacial score (nSPS) is 16.9. The number of amides is 1. The zero-order valence-corrected chi connectivity index (χ0v) is 13.7. The van der Waals surface area contributed by atoms with Crippen molar-refractivity contribution in [2.45, 2.75) is 39.1 Å². The number of nitrogens with zero attached hydrogens (tertiary/aromatic N) is 3. The van der Waals surface area contributed by atoms with E-state index < -0.39 is 6.09 Å². The van der Waals surface area contributed by atoms with Crippen molar-refractivity contribution in [1.82, 2.24) is 19.9 Å². The summed E-state index contributed by atoms with van der Waals surface area (Å²) < 4.78 is 2.02. The summed E-state index contributed by atoms with van der Waals surface area (Å²) in [5, 5.41) is 9.37. The number of hydroxylamine groups is 1. The van der Waals surface area contributed by atoms with Gasteiger partial charge < -0.3 is 14.6 Å². The number of fused-ring (bicyclic) bond motifs is 1. The quantitative estimate of drug-likeness (QED) is 0.796. The van der Waals surface area contributed by atoms with E-state index in [9.17, 15) is 9.90 Å². The zero-order chi connectivity index (χ0) is 16.9. The van der Waals surface area contributed by atoms with Crippen molar-refractivity contribution in [3.8, 4) is 0 Å². The summed E-state index contributed by atoms with van der Waals surface area (Å²) in [5.74, 6) is 0. The van der Waals surface area contributed by atoms with E-state index in [1.54, 1.807) is 6.33 Å². The molecule has 7 heteroatoms. The fourth-order valence-electron chi connectivity index (χ4n) is 2.91. The summed E-state index contributed by atoms with van der Waals surface area (Å²) in [7, 11) is 0. The van der Waals surface area contributed by atoms with Gasteiger partial charge in [0, 0.05) is 13.1 Å². The summed E-state index contributed by atoms with van der Waals surface area (Å²) in [6, 6.07) is 9.55. The van der Waals surface area contributed by atoms with Crippen LogP contribution in [0.15, 0.2) is 36.7 Å². The first kappa shape index (κ1) is 16.5. The van der Waals surface area contributed by atoms with E-state index in [0.717, 1.165) is 29.9 Å². The summed E-state index contributed by atoms with van der Waals surface area (Å²) in [5.41, 5.74) is 5.84. The molecule has 1 aliphatic rings. The van der Waals surface area contributed by atoms with Crippen LogP contribution in [0.1, 0.15) is 36.3 Å². The molecular weight excluding hydrogens is 308 g/mol. The van der Waals surface area contributed by atoms with E-state index in [4.69, 9.17) is 4.84 Å². The van der Waals surface area contributed by atoms with Gasteiger partial charge in [-0.25, -0.2) is 9.78 Å². The minimum absolute atomic E-state index is 0.272. The van der Waals surface area contributed by atoms with Crippen molar-refractivity contribution >= 4 is 6.09 Å². The molecule has 0 radical (unpaired) electrons. The van der Waals surface area contributed by atoms with Crippen LogP contribution in [-0.4, -0.2) is 32.2 Å². The molecular formula is C17H22N4O3. The molecule has 1 amide bonds. The highest BCUT2D eigenvalue weighted by Gasteiger charge is 2.31. The van der Waals surface area contributed by atoms with Crippen LogP contribution in [0.25, 0.3) is 0 Å². The Bertz CT molecular complexity index is 686. The first-order valence-corrected chi connectivity index (χ1v) is 8.12. The lowest BCUT2D eigenvalue weighted by atomic mass is 10.1. The maximum atomic E-state index is 11.4. The highest BCUT2D eigenvalue weighted by atomic mass is 16.6. The Kier molecular flexibility index (Phi) is 5.12. The van der Waals surface area contributed by atoms with Gasteiger partial charge in [-0.3, -0.25) is 4.84 Å². The Balaban J connectivity index is 1.71. The largest absolute Gasteiger partial charge is 0.465 e. The van der Waals surface area contributed by atoms with E-state index in [2.05, 4.69) is 17.4 Å². The highest BCUT2D eigenvalue weighted by Crippen LogP contribution is 2.26. The van der Waals surface area contributed by atoms with Crippen LogP contribution in [0.2, 0.25) is 0 Å². The lowest BCUT2D eigenvalue weighted by Crippen LogP contribution is -2.42. The third kappa shape index (κ3) is 3.58. The van der Waals surface area contributed by atoms with Gasteiger partial charge in [-0.05, 0) is 12.0 Å². The van der Waals surface area contributed by atoms with E-state index in [1.165, 1.54) is 4.90 Å². The van der Waals surface area contributed by atoms with Crippen molar-refractivity contribution < 1.29 is 14.7 Å². The minimum atomic E-state index is -0.931. The maximum Gasteiger partial charge on any atom is 0.407 e. The van der Waals surface area contributed by atoms with Gasteiger partial charge >= 0.3 is 6.09 Å². The molecule has 2 N–H and O–H groups in total. The van der Waals surface area contributed by atoms with Gasteiger partial charge in [0.25, 0.3) is 0 Å². The van der Waals surface area contributed by atoms with E-state index in [-0.39, 0.29) is 6.04 Å².